The van der Waals surface area contributed by atoms with Gasteiger partial charge in [0.2, 0.25) is 0 Å². The van der Waals surface area contributed by atoms with Gasteiger partial charge in [-0.2, -0.15) is 0 Å². The molecule has 2 N–H and O–H groups in total. The number of benzene rings is 1. The first kappa shape index (κ1) is 9.56. The number of nitrogens with one attached hydrogen (secondary N) is 1. The summed E-state index contributed by atoms with van der Waals surface area (Å²) >= 11 is 5.86. The lowest BCUT2D eigenvalue weighted by molar-refractivity contribution is 0.0802. The van der Waals surface area contributed by atoms with E-state index in [0.717, 1.165) is 16.5 Å². The van der Waals surface area contributed by atoms with Crippen molar-refractivity contribution in [1.29, 1.82) is 0 Å². The van der Waals surface area contributed by atoms with E-state index < -0.39 is 5.60 Å². The van der Waals surface area contributed by atoms with Gasteiger partial charge in [0.25, 0.3) is 0 Å². The Labute approximate surface area is 87.5 Å². The molecule has 0 radical (unpaired) electrons. The molecule has 0 bridgehead atoms. The van der Waals surface area contributed by atoms with Gasteiger partial charge in [-0.25, -0.2) is 0 Å². The van der Waals surface area contributed by atoms with Crippen molar-refractivity contribution in [2.75, 3.05) is 0 Å². The Balaban J connectivity index is 2.70. The van der Waals surface area contributed by atoms with Crippen molar-refractivity contribution < 1.29 is 5.11 Å². The molecule has 2 nitrogen and oxygen atoms in total. The van der Waals surface area contributed by atoms with Gasteiger partial charge >= 0.3 is 0 Å². The maximum Gasteiger partial charge on any atom is 0.0861 e. The highest BCUT2D eigenvalue weighted by Crippen LogP contribution is 2.29. The zero-order valence-electron chi connectivity index (χ0n) is 8.13. The van der Waals surface area contributed by atoms with Crippen molar-refractivity contribution in [3.05, 3.63) is 35.0 Å². The highest BCUT2D eigenvalue weighted by molar-refractivity contribution is 6.31. The van der Waals surface area contributed by atoms with Crippen LogP contribution < -0.4 is 0 Å². The molecule has 2 rings (SSSR count). The first-order valence-corrected chi connectivity index (χ1v) is 4.86. The predicted octanol–water partition coefficient (Wildman–Crippen LogP) is 3.05. The van der Waals surface area contributed by atoms with Crippen LogP contribution in [0.2, 0.25) is 5.02 Å². The van der Waals surface area contributed by atoms with Gasteiger partial charge in [0, 0.05) is 27.7 Å². The number of aliphatic hydroxyl groups is 1. The van der Waals surface area contributed by atoms with E-state index >= 15 is 0 Å². The molecule has 3 heteroatoms. The summed E-state index contributed by atoms with van der Waals surface area (Å²) in [4.78, 5) is 3.09. The van der Waals surface area contributed by atoms with Gasteiger partial charge < -0.3 is 10.1 Å². The van der Waals surface area contributed by atoms with E-state index in [0.29, 0.717) is 5.02 Å². The van der Waals surface area contributed by atoms with Crippen LogP contribution in [0, 0.1) is 0 Å². The molecular formula is C11H12ClNO. The van der Waals surface area contributed by atoms with E-state index in [2.05, 4.69) is 4.98 Å². The van der Waals surface area contributed by atoms with Crippen molar-refractivity contribution in [2.24, 2.45) is 0 Å². The van der Waals surface area contributed by atoms with Gasteiger partial charge in [-0.1, -0.05) is 17.7 Å². The molecule has 0 aliphatic heterocycles. The minimum absolute atomic E-state index is 0.696. The van der Waals surface area contributed by atoms with Crippen molar-refractivity contribution in [3.8, 4) is 0 Å². The third-order valence-corrected chi connectivity index (χ3v) is 2.54. The summed E-state index contributed by atoms with van der Waals surface area (Å²) in [6, 6.07) is 5.60. The Kier molecular flexibility index (Phi) is 2.05. The lowest BCUT2D eigenvalue weighted by Crippen LogP contribution is -2.14. The summed E-state index contributed by atoms with van der Waals surface area (Å²) < 4.78 is 0. The molecular weight excluding hydrogens is 198 g/mol. The lowest BCUT2D eigenvalue weighted by Gasteiger charge is -2.15. The molecule has 74 valence electrons. The van der Waals surface area contributed by atoms with E-state index in [1.165, 1.54) is 0 Å². The summed E-state index contributed by atoms with van der Waals surface area (Å²) in [5, 5.41) is 11.6. The standard InChI is InChI=1S/C11H12ClNO/c1-11(2,14)9-6-13-10-5-7(12)3-4-8(9)10/h3-6,13-14H,1-2H3. The number of rotatable bonds is 1. The van der Waals surface area contributed by atoms with Crippen LogP contribution in [0.3, 0.4) is 0 Å². The largest absolute Gasteiger partial charge is 0.386 e. The van der Waals surface area contributed by atoms with E-state index in [-0.39, 0.29) is 0 Å². The van der Waals surface area contributed by atoms with Crippen LogP contribution in [0.4, 0.5) is 0 Å². The number of hydrogen-bond acceptors (Lipinski definition) is 1. The molecule has 0 unspecified atom stereocenters. The maximum absolute atomic E-state index is 9.89. The van der Waals surface area contributed by atoms with Crippen LogP contribution in [0.25, 0.3) is 10.9 Å². The van der Waals surface area contributed by atoms with E-state index in [1.807, 2.05) is 24.4 Å². The predicted molar refractivity (Wildman–Crippen MR) is 58.6 cm³/mol. The minimum Gasteiger partial charge on any atom is -0.386 e. The number of halogens is 1. The van der Waals surface area contributed by atoms with Crippen LogP contribution in [0.5, 0.6) is 0 Å². The van der Waals surface area contributed by atoms with E-state index in [1.54, 1.807) is 13.8 Å². The van der Waals surface area contributed by atoms with Crippen LogP contribution >= 0.6 is 11.6 Å². The summed E-state index contributed by atoms with van der Waals surface area (Å²) in [6.45, 7) is 3.54. The third kappa shape index (κ3) is 1.51. The zero-order chi connectivity index (χ0) is 10.3. The molecule has 0 amide bonds. The maximum atomic E-state index is 9.89. The topological polar surface area (TPSA) is 36.0 Å². The second kappa shape index (κ2) is 3.01. The average Bonchev–Trinajstić information content (AvgIpc) is 2.45. The van der Waals surface area contributed by atoms with E-state index in [4.69, 9.17) is 11.6 Å². The molecule has 0 saturated heterocycles. The fraction of sp³-hybridized carbons (Fsp3) is 0.273. The average molecular weight is 210 g/mol. The first-order valence-electron chi connectivity index (χ1n) is 4.48. The van der Waals surface area contributed by atoms with Crippen molar-refractivity contribution in [3.63, 3.8) is 0 Å². The van der Waals surface area contributed by atoms with Crippen LogP contribution in [-0.2, 0) is 5.60 Å². The summed E-state index contributed by atoms with van der Waals surface area (Å²) in [5.41, 5.74) is 1.02. The number of hydrogen-bond donors (Lipinski definition) is 2. The van der Waals surface area contributed by atoms with Gasteiger partial charge in [0.05, 0.1) is 5.60 Å². The summed E-state index contributed by atoms with van der Waals surface area (Å²) in [5.74, 6) is 0. The molecule has 0 atom stereocenters. The van der Waals surface area contributed by atoms with Gasteiger partial charge in [0.1, 0.15) is 0 Å². The molecule has 2 aromatic rings. The number of aromatic amines is 1. The Morgan fingerprint density at radius 2 is 2.07 bits per heavy atom. The zero-order valence-corrected chi connectivity index (χ0v) is 8.89. The second-order valence-corrected chi connectivity index (χ2v) is 4.39. The normalized spacial score (nSPS) is 12.3. The minimum atomic E-state index is -0.827. The Morgan fingerprint density at radius 1 is 1.36 bits per heavy atom. The fourth-order valence-corrected chi connectivity index (χ4v) is 1.78. The number of aromatic nitrogens is 1. The second-order valence-electron chi connectivity index (χ2n) is 3.95. The van der Waals surface area contributed by atoms with Gasteiger partial charge in [0.15, 0.2) is 0 Å². The fourth-order valence-electron chi connectivity index (χ4n) is 1.60. The van der Waals surface area contributed by atoms with Crippen LogP contribution in [-0.4, -0.2) is 10.1 Å². The molecule has 0 fully saturated rings. The SMILES string of the molecule is CC(C)(O)c1c[nH]c2cc(Cl)ccc12. The van der Waals surface area contributed by atoms with E-state index in [9.17, 15) is 5.11 Å². The van der Waals surface area contributed by atoms with Gasteiger partial charge in [-0.15, -0.1) is 0 Å². The van der Waals surface area contributed by atoms with Gasteiger partial charge in [-0.05, 0) is 26.0 Å². The number of H-pyrrole nitrogens is 1. The summed E-state index contributed by atoms with van der Waals surface area (Å²) in [6.07, 6.45) is 1.82. The van der Waals surface area contributed by atoms with Crippen molar-refractivity contribution >= 4 is 22.5 Å². The molecule has 14 heavy (non-hydrogen) atoms. The Morgan fingerprint density at radius 3 is 2.71 bits per heavy atom. The lowest BCUT2D eigenvalue weighted by atomic mass is 9.98. The third-order valence-electron chi connectivity index (χ3n) is 2.30. The Hall–Kier alpha value is -0.990. The van der Waals surface area contributed by atoms with Crippen LogP contribution in [0.15, 0.2) is 24.4 Å². The monoisotopic (exact) mass is 209 g/mol. The molecule has 0 aliphatic rings. The quantitative estimate of drug-likeness (QED) is 0.744. The van der Waals surface area contributed by atoms with Gasteiger partial charge in [-0.3, -0.25) is 0 Å². The first-order chi connectivity index (χ1) is 6.48. The molecule has 0 spiro atoms. The number of fused-ring (bicyclic) bond motifs is 1. The van der Waals surface area contributed by atoms with Crippen molar-refractivity contribution in [2.45, 2.75) is 19.4 Å². The smallest absolute Gasteiger partial charge is 0.0861 e. The van der Waals surface area contributed by atoms with Crippen molar-refractivity contribution in [1.82, 2.24) is 4.98 Å². The Bertz CT molecular complexity index is 468. The summed E-state index contributed by atoms with van der Waals surface area (Å²) in [7, 11) is 0. The molecule has 1 heterocycles. The highest BCUT2D eigenvalue weighted by Gasteiger charge is 2.19. The molecule has 0 saturated carbocycles. The highest BCUT2D eigenvalue weighted by atomic mass is 35.5. The van der Waals surface area contributed by atoms with Crippen LogP contribution in [0.1, 0.15) is 19.4 Å². The molecule has 1 aromatic heterocycles. The molecule has 0 aliphatic carbocycles. The molecule has 1 aromatic carbocycles.